The summed E-state index contributed by atoms with van der Waals surface area (Å²) in [6.45, 7) is 2.23. The molecule has 0 atom stereocenters. The van der Waals surface area contributed by atoms with Gasteiger partial charge in [0.15, 0.2) is 0 Å². The molecule has 0 bridgehead atoms. The van der Waals surface area contributed by atoms with Gasteiger partial charge < -0.3 is 0 Å². The average molecular weight is 219 g/mol. The van der Waals surface area contributed by atoms with E-state index in [9.17, 15) is 0 Å². The van der Waals surface area contributed by atoms with Crippen LogP contribution in [0.1, 0.15) is 25.3 Å². The van der Waals surface area contributed by atoms with Gasteiger partial charge in [0.05, 0.1) is 0 Å². The van der Waals surface area contributed by atoms with Crippen molar-refractivity contribution in [3.8, 4) is 0 Å². The molecule has 1 heterocycles. The van der Waals surface area contributed by atoms with E-state index >= 15 is 0 Å². The number of rotatable bonds is 3. The molecule has 1 fully saturated rings. The second kappa shape index (κ2) is 5.41. The summed E-state index contributed by atoms with van der Waals surface area (Å²) in [5.41, 5.74) is 2.82. The Kier molecular flexibility index (Phi) is 3.90. The molecule has 1 saturated heterocycles. The summed E-state index contributed by atoms with van der Waals surface area (Å²) < 4.78 is 0. The molecule has 0 nitrogen and oxygen atoms in total. The summed E-state index contributed by atoms with van der Waals surface area (Å²) in [5, 5.41) is 0. The van der Waals surface area contributed by atoms with Crippen LogP contribution >= 0.6 is 0 Å². The van der Waals surface area contributed by atoms with Crippen LogP contribution < -0.4 is 0 Å². The third-order valence-corrected chi connectivity index (χ3v) is 5.34. The van der Waals surface area contributed by atoms with Gasteiger partial charge in [0, 0.05) is 0 Å². The van der Waals surface area contributed by atoms with E-state index in [1.165, 1.54) is 41.2 Å². The lowest BCUT2D eigenvalue weighted by atomic mass is 10.1. The highest BCUT2D eigenvalue weighted by Crippen LogP contribution is 2.17. The van der Waals surface area contributed by atoms with Gasteiger partial charge in [0.1, 0.15) is 17.3 Å². The lowest BCUT2D eigenvalue weighted by Gasteiger charge is -2.01. The summed E-state index contributed by atoms with van der Waals surface area (Å²) in [7, 11) is 0.702. The van der Waals surface area contributed by atoms with E-state index in [0.717, 1.165) is 0 Å². The third-order valence-electron chi connectivity index (χ3n) is 2.97. The van der Waals surface area contributed by atoms with Crippen molar-refractivity contribution in [2.24, 2.45) is 0 Å². The fourth-order valence-corrected chi connectivity index (χ4v) is 4.19. The highest BCUT2D eigenvalue weighted by Gasteiger charge is 2.22. The second-order valence-corrected chi connectivity index (χ2v) is 6.52. The zero-order chi connectivity index (χ0) is 10.5. The van der Waals surface area contributed by atoms with Crippen molar-refractivity contribution < 1.29 is 0 Å². The van der Waals surface area contributed by atoms with Crippen LogP contribution in [-0.4, -0.2) is 17.3 Å². The minimum absolute atomic E-state index is 0.702. The van der Waals surface area contributed by atoms with Crippen LogP contribution in [0.3, 0.4) is 0 Å². The Morgan fingerprint density at radius 2 is 1.87 bits per heavy atom. The van der Waals surface area contributed by atoms with Crippen LogP contribution in [0.15, 0.2) is 36.4 Å². The first-order valence-electron chi connectivity index (χ1n) is 5.72. The van der Waals surface area contributed by atoms with Crippen LogP contribution in [-0.2, 0) is 10.9 Å². The molecule has 0 spiro atoms. The second-order valence-electron chi connectivity index (χ2n) is 4.15. The van der Waals surface area contributed by atoms with Crippen LogP contribution in [0, 0.1) is 0 Å². The van der Waals surface area contributed by atoms with E-state index in [1.54, 1.807) is 0 Å². The largest absolute Gasteiger partial charge is 0.126 e. The first-order valence-corrected chi connectivity index (χ1v) is 7.46. The van der Waals surface area contributed by atoms with Gasteiger partial charge in [-0.3, -0.25) is 0 Å². The van der Waals surface area contributed by atoms with E-state index in [-0.39, 0.29) is 0 Å². The molecule has 0 saturated carbocycles. The molecule has 0 amide bonds. The highest BCUT2D eigenvalue weighted by atomic mass is 32.2. The molecule has 1 aliphatic heterocycles. The zero-order valence-corrected chi connectivity index (χ0v) is 10.2. The predicted molar refractivity (Wildman–Crippen MR) is 71.3 cm³/mol. The standard InChI is InChI=1S/C14H19S/c1-13(14-7-3-2-4-8-14)9-12-15-10-5-6-11-15/h2-4,7-9H,5-6,10-12H2,1H3/q+1/b13-9-. The molecule has 0 aromatic heterocycles. The summed E-state index contributed by atoms with van der Waals surface area (Å²) in [5.74, 6) is 4.25. The summed E-state index contributed by atoms with van der Waals surface area (Å²) in [6, 6.07) is 10.7. The topological polar surface area (TPSA) is 0 Å². The van der Waals surface area contributed by atoms with Gasteiger partial charge in [-0.1, -0.05) is 30.3 Å². The van der Waals surface area contributed by atoms with Gasteiger partial charge in [-0.05, 0) is 47.9 Å². The zero-order valence-electron chi connectivity index (χ0n) is 9.41. The molecule has 2 rings (SSSR count). The Morgan fingerprint density at radius 1 is 1.20 bits per heavy atom. The van der Waals surface area contributed by atoms with Crippen LogP contribution in [0.25, 0.3) is 5.57 Å². The average Bonchev–Trinajstić information content (AvgIpc) is 2.80. The first kappa shape index (κ1) is 10.8. The van der Waals surface area contributed by atoms with Gasteiger partial charge in [0.2, 0.25) is 0 Å². The molecule has 1 aromatic rings. The molecule has 80 valence electrons. The maximum absolute atomic E-state index is 2.43. The normalized spacial score (nSPS) is 18.3. The van der Waals surface area contributed by atoms with E-state index in [1.807, 2.05) is 0 Å². The lowest BCUT2D eigenvalue weighted by Crippen LogP contribution is -2.06. The van der Waals surface area contributed by atoms with Crippen molar-refractivity contribution in [3.63, 3.8) is 0 Å². The fraction of sp³-hybridized carbons (Fsp3) is 0.429. The number of hydrogen-bond donors (Lipinski definition) is 0. The van der Waals surface area contributed by atoms with Gasteiger partial charge in [-0.2, -0.15) is 0 Å². The quantitative estimate of drug-likeness (QED) is 0.683. The van der Waals surface area contributed by atoms with Gasteiger partial charge >= 0.3 is 0 Å². The monoisotopic (exact) mass is 219 g/mol. The van der Waals surface area contributed by atoms with Gasteiger partial charge in [-0.25, -0.2) is 0 Å². The Hall–Kier alpha value is -0.690. The summed E-state index contributed by atoms with van der Waals surface area (Å²) in [6.07, 6.45) is 5.35. The Morgan fingerprint density at radius 3 is 2.53 bits per heavy atom. The van der Waals surface area contributed by atoms with Crippen LogP contribution in [0.2, 0.25) is 0 Å². The van der Waals surface area contributed by atoms with Crippen molar-refractivity contribution in [1.29, 1.82) is 0 Å². The molecule has 1 aromatic carbocycles. The van der Waals surface area contributed by atoms with Crippen molar-refractivity contribution >= 4 is 16.5 Å². The molecule has 15 heavy (non-hydrogen) atoms. The van der Waals surface area contributed by atoms with Crippen LogP contribution in [0.4, 0.5) is 0 Å². The molecule has 0 unspecified atom stereocenters. The molecular weight excluding hydrogens is 200 g/mol. The van der Waals surface area contributed by atoms with Crippen LogP contribution in [0.5, 0.6) is 0 Å². The van der Waals surface area contributed by atoms with E-state index in [2.05, 4.69) is 43.3 Å². The van der Waals surface area contributed by atoms with E-state index in [4.69, 9.17) is 0 Å². The minimum Gasteiger partial charge on any atom is -0.0622 e. The molecule has 1 heteroatoms. The Balaban J connectivity index is 1.95. The fourth-order valence-electron chi connectivity index (χ4n) is 1.94. The first-order chi connectivity index (χ1) is 7.36. The van der Waals surface area contributed by atoms with E-state index in [0.29, 0.717) is 10.9 Å². The molecule has 0 aliphatic carbocycles. The number of allylic oxidation sites excluding steroid dienone is 1. The summed E-state index contributed by atoms with van der Waals surface area (Å²) in [4.78, 5) is 0. The molecule has 0 radical (unpaired) electrons. The van der Waals surface area contributed by atoms with Crippen molar-refractivity contribution in [1.82, 2.24) is 0 Å². The van der Waals surface area contributed by atoms with Crippen molar-refractivity contribution in [2.45, 2.75) is 19.8 Å². The third kappa shape index (κ3) is 3.13. The SMILES string of the molecule is C/C(=C/C[S+]1CCCC1)c1ccccc1. The number of hydrogen-bond acceptors (Lipinski definition) is 0. The Labute approximate surface area is 95.7 Å². The maximum atomic E-state index is 2.43. The maximum Gasteiger partial charge on any atom is 0.126 e. The smallest absolute Gasteiger partial charge is 0.0622 e. The predicted octanol–water partition coefficient (Wildman–Crippen LogP) is 3.50. The molecular formula is C14H19S+. The molecule has 1 aliphatic rings. The minimum atomic E-state index is 0.702. The van der Waals surface area contributed by atoms with E-state index < -0.39 is 0 Å². The van der Waals surface area contributed by atoms with Gasteiger partial charge in [-0.15, -0.1) is 0 Å². The highest BCUT2D eigenvalue weighted by molar-refractivity contribution is 7.97. The summed E-state index contributed by atoms with van der Waals surface area (Å²) >= 11 is 0. The lowest BCUT2D eigenvalue weighted by molar-refractivity contribution is 0.949. The number of benzene rings is 1. The van der Waals surface area contributed by atoms with Crippen molar-refractivity contribution in [3.05, 3.63) is 42.0 Å². The Bertz CT molecular complexity index is 320. The molecule has 0 N–H and O–H groups in total. The van der Waals surface area contributed by atoms with Gasteiger partial charge in [0.25, 0.3) is 0 Å². The van der Waals surface area contributed by atoms with Crippen molar-refractivity contribution in [2.75, 3.05) is 17.3 Å².